The highest BCUT2D eigenvalue weighted by Crippen LogP contribution is 2.10. The van der Waals surface area contributed by atoms with Crippen molar-refractivity contribution >= 4 is 5.96 Å². The first-order valence-electron chi connectivity index (χ1n) is 8.26. The average Bonchev–Trinajstić information content (AvgIpc) is 2.52. The fourth-order valence-corrected chi connectivity index (χ4v) is 2.44. The third-order valence-electron chi connectivity index (χ3n) is 3.99. The molecule has 0 spiro atoms. The van der Waals surface area contributed by atoms with E-state index in [0.717, 1.165) is 25.6 Å². The second-order valence-corrected chi connectivity index (χ2v) is 6.00. The van der Waals surface area contributed by atoms with E-state index in [0.29, 0.717) is 5.92 Å². The van der Waals surface area contributed by atoms with Gasteiger partial charge in [0.1, 0.15) is 0 Å². The molecule has 4 nitrogen and oxygen atoms in total. The normalized spacial score (nSPS) is 12.0. The van der Waals surface area contributed by atoms with Gasteiger partial charge in [0.25, 0.3) is 0 Å². The number of benzene rings is 1. The lowest BCUT2D eigenvalue weighted by Gasteiger charge is -2.18. The van der Waals surface area contributed by atoms with Crippen LogP contribution in [0.15, 0.2) is 29.3 Å². The summed E-state index contributed by atoms with van der Waals surface area (Å²) in [5.41, 5.74) is 2.68. The number of nitrogens with zero attached hydrogens (tertiary/aromatic N) is 2. The first-order chi connectivity index (χ1) is 10.6. The van der Waals surface area contributed by atoms with Gasteiger partial charge in [-0.15, -0.1) is 0 Å². The highest BCUT2D eigenvalue weighted by atomic mass is 15.2. The van der Waals surface area contributed by atoms with Gasteiger partial charge in [0, 0.05) is 26.7 Å². The van der Waals surface area contributed by atoms with Crippen molar-refractivity contribution in [3.63, 3.8) is 0 Å². The van der Waals surface area contributed by atoms with Crippen molar-refractivity contribution in [3.8, 4) is 0 Å². The molecule has 4 heteroatoms. The van der Waals surface area contributed by atoms with Crippen LogP contribution in [0.25, 0.3) is 0 Å². The van der Waals surface area contributed by atoms with Crippen molar-refractivity contribution in [2.24, 2.45) is 10.9 Å². The van der Waals surface area contributed by atoms with Crippen molar-refractivity contribution in [2.75, 3.05) is 27.7 Å². The maximum Gasteiger partial charge on any atom is 0.191 e. The Morgan fingerprint density at radius 2 is 1.73 bits per heavy atom. The Morgan fingerprint density at radius 3 is 2.27 bits per heavy atom. The van der Waals surface area contributed by atoms with Crippen molar-refractivity contribution < 1.29 is 0 Å². The molecule has 22 heavy (non-hydrogen) atoms. The lowest BCUT2D eigenvalue weighted by molar-refractivity contribution is 0.400. The quantitative estimate of drug-likeness (QED) is 0.573. The zero-order valence-electron chi connectivity index (χ0n) is 14.8. The van der Waals surface area contributed by atoms with Crippen molar-refractivity contribution in [3.05, 3.63) is 35.4 Å². The molecule has 0 unspecified atom stereocenters. The largest absolute Gasteiger partial charge is 0.356 e. The van der Waals surface area contributed by atoms with Gasteiger partial charge in [-0.25, -0.2) is 0 Å². The average molecular weight is 304 g/mol. The van der Waals surface area contributed by atoms with Crippen molar-refractivity contribution in [1.29, 1.82) is 0 Å². The highest BCUT2D eigenvalue weighted by molar-refractivity contribution is 5.79. The van der Waals surface area contributed by atoms with Crippen LogP contribution in [0, 0.1) is 5.92 Å². The van der Waals surface area contributed by atoms with Gasteiger partial charge < -0.3 is 15.5 Å². The van der Waals surface area contributed by atoms with E-state index in [-0.39, 0.29) is 0 Å². The Morgan fingerprint density at radius 1 is 1.09 bits per heavy atom. The van der Waals surface area contributed by atoms with E-state index in [1.807, 2.05) is 7.05 Å². The van der Waals surface area contributed by atoms with Crippen LogP contribution in [-0.2, 0) is 13.1 Å². The van der Waals surface area contributed by atoms with Gasteiger partial charge in [-0.05, 0) is 31.1 Å². The molecule has 1 aromatic carbocycles. The Labute approximate surface area is 136 Å². The molecule has 0 aliphatic rings. The van der Waals surface area contributed by atoms with Gasteiger partial charge >= 0.3 is 0 Å². The molecule has 0 saturated carbocycles. The highest BCUT2D eigenvalue weighted by Gasteiger charge is 2.06. The van der Waals surface area contributed by atoms with Gasteiger partial charge in [0.15, 0.2) is 5.96 Å². The number of rotatable bonds is 8. The molecule has 1 aromatic rings. The summed E-state index contributed by atoms with van der Waals surface area (Å²) in [5, 5.41) is 6.85. The minimum absolute atomic E-state index is 0.708. The summed E-state index contributed by atoms with van der Waals surface area (Å²) in [7, 11) is 6.02. The van der Waals surface area contributed by atoms with Crippen LogP contribution in [0.1, 0.15) is 37.8 Å². The maximum absolute atomic E-state index is 4.32. The lowest BCUT2D eigenvalue weighted by Crippen LogP contribution is -2.39. The van der Waals surface area contributed by atoms with Crippen LogP contribution < -0.4 is 10.6 Å². The number of hydrogen-bond acceptors (Lipinski definition) is 2. The summed E-state index contributed by atoms with van der Waals surface area (Å²) < 4.78 is 0. The summed E-state index contributed by atoms with van der Waals surface area (Å²) in [6.07, 6.45) is 2.40. The number of aliphatic imine (C=N–C) groups is 1. The zero-order chi connectivity index (χ0) is 16.4. The monoisotopic (exact) mass is 304 g/mol. The first-order valence-corrected chi connectivity index (χ1v) is 8.26. The van der Waals surface area contributed by atoms with E-state index in [1.165, 1.54) is 24.0 Å². The fraction of sp³-hybridized carbons (Fsp3) is 0.611. The van der Waals surface area contributed by atoms with Gasteiger partial charge in [-0.2, -0.15) is 0 Å². The molecule has 0 amide bonds. The third kappa shape index (κ3) is 6.48. The summed E-state index contributed by atoms with van der Waals surface area (Å²) >= 11 is 0. The molecule has 0 aliphatic heterocycles. The summed E-state index contributed by atoms with van der Waals surface area (Å²) in [5.74, 6) is 1.59. The smallest absolute Gasteiger partial charge is 0.191 e. The standard InChI is InChI=1S/C18H32N4/c1-6-15(7-2)12-20-18(19-3)21-13-16-10-8-9-11-17(16)14-22(4)5/h8-11,15H,6-7,12-14H2,1-5H3,(H2,19,20,21). The topological polar surface area (TPSA) is 39.7 Å². The molecule has 2 N–H and O–H groups in total. The molecule has 0 heterocycles. The van der Waals surface area contributed by atoms with E-state index < -0.39 is 0 Å². The molecule has 0 fully saturated rings. The lowest BCUT2D eigenvalue weighted by atomic mass is 10.0. The van der Waals surface area contributed by atoms with Crippen LogP contribution >= 0.6 is 0 Å². The summed E-state index contributed by atoms with van der Waals surface area (Å²) in [6.45, 7) is 7.21. The molecule has 0 bridgehead atoms. The molecule has 124 valence electrons. The fourth-order valence-electron chi connectivity index (χ4n) is 2.44. The van der Waals surface area contributed by atoms with E-state index in [2.05, 4.69) is 72.7 Å². The van der Waals surface area contributed by atoms with Gasteiger partial charge in [0.05, 0.1) is 0 Å². The molecular weight excluding hydrogens is 272 g/mol. The Bertz CT molecular complexity index is 450. The zero-order valence-corrected chi connectivity index (χ0v) is 14.8. The number of hydrogen-bond donors (Lipinski definition) is 2. The van der Waals surface area contributed by atoms with Crippen molar-refractivity contribution in [2.45, 2.75) is 39.8 Å². The molecule has 0 saturated heterocycles. The van der Waals surface area contributed by atoms with E-state index >= 15 is 0 Å². The van der Waals surface area contributed by atoms with E-state index in [4.69, 9.17) is 0 Å². The second kappa shape index (κ2) is 10.2. The van der Waals surface area contributed by atoms with Crippen LogP contribution in [0.2, 0.25) is 0 Å². The molecule has 0 radical (unpaired) electrons. The summed E-state index contributed by atoms with van der Waals surface area (Å²) in [4.78, 5) is 6.51. The van der Waals surface area contributed by atoms with Crippen LogP contribution in [0.3, 0.4) is 0 Å². The number of nitrogens with one attached hydrogen (secondary N) is 2. The number of guanidine groups is 1. The minimum atomic E-state index is 0.708. The van der Waals surface area contributed by atoms with Crippen LogP contribution in [0.5, 0.6) is 0 Å². The summed E-state index contributed by atoms with van der Waals surface area (Å²) in [6, 6.07) is 8.57. The van der Waals surface area contributed by atoms with Gasteiger partial charge in [-0.1, -0.05) is 51.0 Å². The maximum atomic E-state index is 4.32. The molecule has 1 rings (SSSR count). The van der Waals surface area contributed by atoms with Crippen molar-refractivity contribution in [1.82, 2.24) is 15.5 Å². The van der Waals surface area contributed by atoms with Gasteiger partial charge in [0.2, 0.25) is 0 Å². The van der Waals surface area contributed by atoms with E-state index in [9.17, 15) is 0 Å². The Balaban J connectivity index is 2.56. The Kier molecular flexibility index (Phi) is 8.60. The minimum Gasteiger partial charge on any atom is -0.356 e. The molecular formula is C18H32N4. The molecule has 0 aliphatic carbocycles. The predicted molar refractivity (Wildman–Crippen MR) is 96.1 cm³/mol. The SMILES string of the molecule is CCC(CC)CNC(=NC)NCc1ccccc1CN(C)C. The van der Waals surface area contributed by atoms with Crippen LogP contribution in [-0.4, -0.2) is 38.5 Å². The second-order valence-electron chi connectivity index (χ2n) is 6.00. The Hall–Kier alpha value is -1.55. The third-order valence-corrected chi connectivity index (χ3v) is 3.99. The van der Waals surface area contributed by atoms with E-state index in [1.54, 1.807) is 0 Å². The molecule has 0 aromatic heterocycles. The predicted octanol–water partition coefficient (Wildman–Crippen LogP) is 2.85. The van der Waals surface area contributed by atoms with Gasteiger partial charge in [-0.3, -0.25) is 4.99 Å². The molecule has 0 atom stereocenters. The first kappa shape index (κ1) is 18.5. The van der Waals surface area contributed by atoms with Crippen LogP contribution in [0.4, 0.5) is 0 Å².